The van der Waals surface area contributed by atoms with Crippen molar-refractivity contribution in [2.24, 2.45) is 0 Å². The summed E-state index contributed by atoms with van der Waals surface area (Å²) in [4.78, 5) is 22.2. The van der Waals surface area contributed by atoms with E-state index in [-0.39, 0.29) is 11.8 Å². The molecule has 0 saturated carbocycles. The van der Waals surface area contributed by atoms with E-state index in [9.17, 15) is 9.59 Å². The third-order valence-corrected chi connectivity index (χ3v) is 2.11. The van der Waals surface area contributed by atoms with Gasteiger partial charge in [-0.3, -0.25) is 9.59 Å². The standard InChI is InChI=1S/C10H21N3O2.2C2H6/c1-8(14)13-9(10(15)12-3)6-4-5-7-11-2;2*1-2/h9,11H,4-7H2,1-3H3,(H,12,15)(H,13,14);2*1-2H3. The Morgan fingerprint density at radius 1 is 1.00 bits per heavy atom. The zero-order valence-corrected chi connectivity index (χ0v) is 13.7. The van der Waals surface area contributed by atoms with Gasteiger partial charge in [-0.05, 0) is 32.9 Å². The molecular weight excluding hydrogens is 242 g/mol. The number of hydrogen-bond donors (Lipinski definition) is 3. The van der Waals surface area contributed by atoms with Gasteiger partial charge in [-0.15, -0.1) is 0 Å². The van der Waals surface area contributed by atoms with Gasteiger partial charge in [0.05, 0.1) is 0 Å². The zero-order valence-electron chi connectivity index (χ0n) is 13.7. The first kappa shape index (κ1) is 23.0. The fraction of sp³-hybridized carbons (Fsp3) is 0.857. The van der Waals surface area contributed by atoms with Crippen molar-refractivity contribution in [2.45, 2.75) is 59.9 Å². The SMILES string of the molecule is CC.CC.CNCCCCC(NC(C)=O)C(=O)NC. The summed E-state index contributed by atoms with van der Waals surface area (Å²) in [6, 6.07) is -0.399. The number of carbonyl (C=O) groups excluding carboxylic acids is 2. The maximum atomic E-state index is 11.4. The van der Waals surface area contributed by atoms with E-state index in [2.05, 4.69) is 16.0 Å². The summed E-state index contributed by atoms with van der Waals surface area (Å²) < 4.78 is 0. The largest absolute Gasteiger partial charge is 0.357 e. The van der Waals surface area contributed by atoms with Crippen LogP contribution in [0.2, 0.25) is 0 Å². The van der Waals surface area contributed by atoms with Crippen LogP contribution in [-0.4, -0.2) is 38.5 Å². The van der Waals surface area contributed by atoms with Crippen LogP contribution < -0.4 is 16.0 Å². The summed E-state index contributed by atoms with van der Waals surface area (Å²) in [6.07, 6.45) is 2.60. The van der Waals surface area contributed by atoms with Crippen LogP contribution in [0.4, 0.5) is 0 Å². The molecule has 0 aliphatic rings. The van der Waals surface area contributed by atoms with E-state index in [1.807, 2.05) is 34.7 Å². The molecule has 3 N–H and O–H groups in total. The first-order valence-corrected chi connectivity index (χ1v) is 7.25. The molecule has 0 aromatic rings. The van der Waals surface area contributed by atoms with Gasteiger partial charge in [0.2, 0.25) is 11.8 Å². The Hall–Kier alpha value is -1.10. The molecule has 0 aromatic heterocycles. The van der Waals surface area contributed by atoms with Crippen LogP contribution in [0.1, 0.15) is 53.9 Å². The average Bonchev–Trinajstić information content (AvgIpc) is 2.45. The monoisotopic (exact) mass is 275 g/mol. The molecule has 0 rings (SSSR count). The van der Waals surface area contributed by atoms with E-state index < -0.39 is 6.04 Å². The highest BCUT2D eigenvalue weighted by molar-refractivity contribution is 5.86. The molecule has 0 aromatic carbocycles. The topological polar surface area (TPSA) is 70.2 Å². The molecule has 1 unspecified atom stereocenters. The lowest BCUT2D eigenvalue weighted by Crippen LogP contribution is -2.44. The van der Waals surface area contributed by atoms with Crippen LogP contribution >= 0.6 is 0 Å². The summed E-state index contributed by atoms with van der Waals surface area (Å²) >= 11 is 0. The summed E-state index contributed by atoms with van der Waals surface area (Å²) in [5.41, 5.74) is 0. The summed E-state index contributed by atoms with van der Waals surface area (Å²) in [5, 5.41) is 8.22. The van der Waals surface area contributed by atoms with E-state index in [0.29, 0.717) is 6.42 Å². The Kier molecular flexibility index (Phi) is 23.3. The van der Waals surface area contributed by atoms with E-state index >= 15 is 0 Å². The molecule has 116 valence electrons. The van der Waals surface area contributed by atoms with Gasteiger partial charge in [-0.1, -0.05) is 27.7 Å². The van der Waals surface area contributed by atoms with Crippen molar-refractivity contribution in [1.29, 1.82) is 0 Å². The van der Waals surface area contributed by atoms with Crippen molar-refractivity contribution in [3.8, 4) is 0 Å². The minimum absolute atomic E-state index is 0.130. The highest BCUT2D eigenvalue weighted by Crippen LogP contribution is 2.00. The second-order valence-electron chi connectivity index (χ2n) is 3.47. The molecule has 5 nitrogen and oxygen atoms in total. The first-order valence-electron chi connectivity index (χ1n) is 7.25. The highest BCUT2D eigenvalue weighted by Gasteiger charge is 2.16. The fourth-order valence-corrected chi connectivity index (χ4v) is 1.34. The number of amides is 2. The number of nitrogens with one attached hydrogen (secondary N) is 3. The van der Waals surface area contributed by atoms with Crippen LogP contribution in [0.25, 0.3) is 0 Å². The van der Waals surface area contributed by atoms with Gasteiger partial charge in [0.1, 0.15) is 6.04 Å². The van der Waals surface area contributed by atoms with Gasteiger partial charge >= 0.3 is 0 Å². The summed E-state index contributed by atoms with van der Waals surface area (Å²) in [7, 11) is 3.47. The van der Waals surface area contributed by atoms with E-state index in [0.717, 1.165) is 19.4 Å². The molecule has 0 bridgehead atoms. The fourth-order valence-electron chi connectivity index (χ4n) is 1.34. The number of hydrogen-bond acceptors (Lipinski definition) is 3. The van der Waals surface area contributed by atoms with Crippen molar-refractivity contribution in [2.75, 3.05) is 20.6 Å². The Morgan fingerprint density at radius 3 is 1.89 bits per heavy atom. The van der Waals surface area contributed by atoms with Crippen molar-refractivity contribution in [1.82, 2.24) is 16.0 Å². The van der Waals surface area contributed by atoms with Gasteiger partial charge in [-0.2, -0.15) is 0 Å². The Bertz CT molecular complexity index is 209. The maximum absolute atomic E-state index is 11.4. The van der Waals surface area contributed by atoms with Crippen LogP contribution in [0.15, 0.2) is 0 Å². The van der Waals surface area contributed by atoms with Crippen LogP contribution in [0, 0.1) is 0 Å². The smallest absolute Gasteiger partial charge is 0.242 e. The summed E-state index contributed by atoms with van der Waals surface area (Å²) in [5.74, 6) is -0.299. The molecule has 0 heterocycles. The van der Waals surface area contributed by atoms with Gasteiger partial charge in [-0.25, -0.2) is 0 Å². The van der Waals surface area contributed by atoms with Gasteiger partial charge in [0, 0.05) is 14.0 Å². The third kappa shape index (κ3) is 16.9. The second kappa shape index (κ2) is 19.2. The Balaban J connectivity index is -0.000000579. The lowest BCUT2D eigenvalue weighted by atomic mass is 10.1. The van der Waals surface area contributed by atoms with Crippen molar-refractivity contribution < 1.29 is 9.59 Å². The Morgan fingerprint density at radius 2 is 1.53 bits per heavy atom. The number of likely N-dealkylation sites (N-methyl/N-ethyl adjacent to an activating group) is 1. The molecule has 0 spiro atoms. The molecule has 2 amide bonds. The lowest BCUT2D eigenvalue weighted by Gasteiger charge is -2.15. The average molecular weight is 275 g/mol. The molecule has 0 fully saturated rings. The highest BCUT2D eigenvalue weighted by atomic mass is 16.2. The maximum Gasteiger partial charge on any atom is 0.242 e. The predicted molar refractivity (Wildman–Crippen MR) is 82.1 cm³/mol. The van der Waals surface area contributed by atoms with Gasteiger partial charge in [0.15, 0.2) is 0 Å². The van der Waals surface area contributed by atoms with Gasteiger partial charge < -0.3 is 16.0 Å². The normalized spacial score (nSPS) is 10.1. The minimum atomic E-state index is -0.399. The van der Waals surface area contributed by atoms with Crippen molar-refractivity contribution >= 4 is 11.8 Å². The second-order valence-corrected chi connectivity index (χ2v) is 3.47. The number of carbonyl (C=O) groups is 2. The van der Waals surface area contributed by atoms with E-state index in [1.165, 1.54) is 6.92 Å². The third-order valence-electron chi connectivity index (χ3n) is 2.11. The minimum Gasteiger partial charge on any atom is -0.357 e. The van der Waals surface area contributed by atoms with E-state index in [1.54, 1.807) is 7.05 Å². The molecule has 1 atom stereocenters. The number of rotatable bonds is 7. The number of unbranched alkanes of at least 4 members (excludes halogenated alkanes) is 1. The molecule has 0 radical (unpaired) electrons. The first-order chi connectivity index (χ1) is 9.11. The zero-order chi connectivity index (χ0) is 15.7. The lowest BCUT2D eigenvalue weighted by molar-refractivity contribution is -0.127. The molecule has 0 aliphatic carbocycles. The Labute approximate surface area is 118 Å². The van der Waals surface area contributed by atoms with Crippen LogP contribution in [0.3, 0.4) is 0 Å². The molecule has 0 saturated heterocycles. The molecule has 0 aliphatic heterocycles. The van der Waals surface area contributed by atoms with Crippen LogP contribution in [-0.2, 0) is 9.59 Å². The molecular formula is C14H33N3O2. The van der Waals surface area contributed by atoms with Crippen molar-refractivity contribution in [3.05, 3.63) is 0 Å². The quantitative estimate of drug-likeness (QED) is 0.619. The summed E-state index contributed by atoms with van der Waals surface area (Å²) in [6.45, 7) is 10.4. The van der Waals surface area contributed by atoms with E-state index in [4.69, 9.17) is 0 Å². The molecule has 5 heteroatoms. The van der Waals surface area contributed by atoms with Crippen LogP contribution in [0.5, 0.6) is 0 Å². The molecule has 19 heavy (non-hydrogen) atoms. The predicted octanol–water partition coefficient (Wildman–Crippen LogP) is 1.68. The van der Waals surface area contributed by atoms with Gasteiger partial charge in [0.25, 0.3) is 0 Å². The van der Waals surface area contributed by atoms with Crippen molar-refractivity contribution in [3.63, 3.8) is 0 Å².